The summed E-state index contributed by atoms with van der Waals surface area (Å²) in [4.78, 5) is 27.8. The summed E-state index contributed by atoms with van der Waals surface area (Å²) in [7, 11) is -0.106. The standard InChI is InChI=1S/C27H31N3O5S/c1-27(2,3)23-15-20(30-24(31)11-12-28-26(30)32)14-22(25(23)35-5)18-9-10-21-17(13-18)7-8-19(21)16-29(4)36(6,33)34/h8-15H,7,16H2,1-6H3,(H,28,32). The minimum absolute atomic E-state index is 0.303. The predicted molar refractivity (Wildman–Crippen MR) is 143 cm³/mol. The maximum Gasteiger partial charge on any atom is 0.332 e. The van der Waals surface area contributed by atoms with Crippen LogP contribution in [0.25, 0.3) is 22.4 Å². The lowest BCUT2D eigenvalue weighted by Crippen LogP contribution is -2.32. The minimum atomic E-state index is -3.29. The summed E-state index contributed by atoms with van der Waals surface area (Å²) in [5.41, 5.74) is 4.73. The first-order valence-electron chi connectivity index (χ1n) is 11.6. The summed E-state index contributed by atoms with van der Waals surface area (Å²) in [6.07, 6.45) is 5.26. The third-order valence-corrected chi connectivity index (χ3v) is 7.75. The van der Waals surface area contributed by atoms with Crippen molar-refractivity contribution in [3.63, 3.8) is 0 Å². The van der Waals surface area contributed by atoms with Crippen LogP contribution in [0.3, 0.4) is 0 Å². The molecule has 0 fully saturated rings. The smallest absolute Gasteiger partial charge is 0.332 e. The molecule has 1 aliphatic carbocycles. The van der Waals surface area contributed by atoms with Crippen molar-refractivity contribution >= 4 is 15.6 Å². The molecule has 36 heavy (non-hydrogen) atoms. The van der Waals surface area contributed by atoms with Gasteiger partial charge in [0.2, 0.25) is 10.0 Å². The molecule has 1 aromatic heterocycles. The third-order valence-electron chi connectivity index (χ3n) is 6.49. The van der Waals surface area contributed by atoms with E-state index in [4.69, 9.17) is 4.74 Å². The second-order valence-corrected chi connectivity index (χ2v) is 12.2. The summed E-state index contributed by atoms with van der Waals surface area (Å²) < 4.78 is 32.1. The number of fused-ring (bicyclic) bond motifs is 1. The van der Waals surface area contributed by atoms with Crippen molar-refractivity contribution in [1.82, 2.24) is 13.9 Å². The van der Waals surface area contributed by atoms with Crippen molar-refractivity contribution in [2.75, 3.05) is 27.0 Å². The number of hydrogen-bond acceptors (Lipinski definition) is 5. The lowest BCUT2D eigenvalue weighted by molar-refractivity contribution is 0.399. The van der Waals surface area contributed by atoms with Crippen molar-refractivity contribution in [3.8, 4) is 22.6 Å². The zero-order valence-electron chi connectivity index (χ0n) is 21.4. The third kappa shape index (κ3) is 4.81. The van der Waals surface area contributed by atoms with E-state index >= 15 is 0 Å². The Balaban J connectivity index is 1.87. The van der Waals surface area contributed by atoms with Gasteiger partial charge in [-0.25, -0.2) is 22.1 Å². The van der Waals surface area contributed by atoms with Crippen LogP contribution in [0.15, 0.2) is 58.3 Å². The molecule has 1 aliphatic rings. The van der Waals surface area contributed by atoms with Gasteiger partial charge in [-0.3, -0.25) is 4.79 Å². The van der Waals surface area contributed by atoms with Crippen LogP contribution in [0, 0.1) is 0 Å². The highest BCUT2D eigenvalue weighted by atomic mass is 32.2. The molecule has 2 aromatic carbocycles. The predicted octanol–water partition coefficient (Wildman–Crippen LogP) is 3.33. The second kappa shape index (κ2) is 9.22. The molecule has 1 heterocycles. The first-order valence-corrected chi connectivity index (χ1v) is 13.4. The van der Waals surface area contributed by atoms with Gasteiger partial charge < -0.3 is 9.72 Å². The molecule has 0 atom stereocenters. The molecule has 0 unspecified atom stereocenters. The summed E-state index contributed by atoms with van der Waals surface area (Å²) in [5, 5.41) is 0. The van der Waals surface area contributed by atoms with E-state index in [1.165, 1.54) is 22.8 Å². The van der Waals surface area contributed by atoms with Crippen molar-refractivity contribution in [1.29, 1.82) is 0 Å². The van der Waals surface area contributed by atoms with Crippen LogP contribution in [0.1, 0.15) is 37.5 Å². The first-order chi connectivity index (χ1) is 16.8. The second-order valence-electron chi connectivity index (χ2n) is 10.1. The molecule has 0 aliphatic heterocycles. The Bertz CT molecular complexity index is 1560. The SMILES string of the molecule is COc1c(-c2ccc3c(c2)CC=C3CN(C)S(C)(=O)=O)cc(-n2c(=O)cc[nH]c2=O)cc1C(C)(C)C. The Labute approximate surface area is 210 Å². The number of allylic oxidation sites excluding steroid dienone is 1. The van der Waals surface area contributed by atoms with Crippen molar-refractivity contribution in [2.45, 2.75) is 32.6 Å². The lowest BCUT2D eigenvalue weighted by atomic mass is 9.83. The van der Waals surface area contributed by atoms with Crippen LogP contribution in [0.4, 0.5) is 0 Å². The van der Waals surface area contributed by atoms with Crippen molar-refractivity contribution < 1.29 is 13.2 Å². The van der Waals surface area contributed by atoms with Crippen LogP contribution in [-0.2, 0) is 21.9 Å². The first kappa shape index (κ1) is 25.7. The van der Waals surface area contributed by atoms with Gasteiger partial charge in [0.25, 0.3) is 5.56 Å². The van der Waals surface area contributed by atoms with E-state index in [0.717, 1.165) is 38.0 Å². The van der Waals surface area contributed by atoms with E-state index in [2.05, 4.69) is 11.1 Å². The highest BCUT2D eigenvalue weighted by molar-refractivity contribution is 7.88. The highest BCUT2D eigenvalue weighted by Gasteiger charge is 2.26. The van der Waals surface area contributed by atoms with Gasteiger partial charge in [-0.1, -0.05) is 45.0 Å². The number of aromatic nitrogens is 2. The Morgan fingerprint density at radius 3 is 2.42 bits per heavy atom. The Hall–Kier alpha value is -3.43. The van der Waals surface area contributed by atoms with Gasteiger partial charge >= 0.3 is 5.69 Å². The van der Waals surface area contributed by atoms with Gasteiger partial charge in [0.15, 0.2) is 0 Å². The van der Waals surface area contributed by atoms with Gasteiger partial charge in [0, 0.05) is 37.0 Å². The zero-order valence-corrected chi connectivity index (χ0v) is 22.2. The van der Waals surface area contributed by atoms with E-state index < -0.39 is 21.3 Å². The molecular formula is C27H31N3O5S. The number of nitrogens with one attached hydrogen (secondary N) is 1. The Morgan fingerprint density at radius 2 is 1.81 bits per heavy atom. The average Bonchev–Trinajstić information content (AvgIpc) is 3.19. The number of ether oxygens (including phenoxy) is 1. The number of rotatable bonds is 6. The number of benzene rings is 2. The van der Waals surface area contributed by atoms with E-state index in [1.54, 1.807) is 20.2 Å². The van der Waals surface area contributed by atoms with Gasteiger partial charge in [0.05, 0.1) is 19.1 Å². The maximum absolute atomic E-state index is 12.6. The van der Waals surface area contributed by atoms with E-state index in [0.29, 0.717) is 24.4 Å². The molecule has 0 radical (unpaired) electrons. The van der Waals surface area contributed by atoms with Gasteiger partial charge in [-0.15, -0.1) is 0 Å². The minimum Gasteiger partial charge on any atom is -0.496 e. The van der Waals surface area contributed by atoms with Crippen LogP contribution in [0.2, 0.25) is 0 Å². The number of aromatic amines is 1. The fraction of sp³-hybridized carbons (Fsp3) is 0.333. The normalized spacial score (nSPS) is 13.6. The fourth-order valence-corrected chi connectivity index (χ4v) is 4.87. The van der Waals surface area contributed by atoms with E-state index in [1.807, 2.05) is 45.0 Å². The zero-order chi connectivity index (χ0) is 26.4. The highest BCUT2D eigenvalue weighted by Crippen LogP contribution is 2.42. The van der Waals surface area contributed by atoms with Crippen LogP contribution in [-0.4, -0.2) is 49.2 Å². The molecular weight excluding hydrogens is 478 g/mol. The quantitative estimate of drug-likeness (QED) is 0.549. The Morgan fingerprint density at radius 1 is 1.08 bits per heavy atom. The molecule has 190 valence electrons. The summed E-state index contributed by atoms with van der Waals surface area (Å²) in [6.45, 7) is 6.45. The number of likely N-dealkylation sites (N-methyl/N-ethyl adjacent to an activating group) is 1. The molecule has 0 spiro atoms. The molecule has 1 N–H and O–H groups in total. The summed E-state index contributed by atoms with van der Waals surface area (Å²) in [5.74, 6) is 0.676. The number of hydrogen-bond donors (Lipinski definition) is 1. The van der Waals surface area contributed by atoms with Gasteiger partial charge in [0.1, 0.15) is 5.75 Å². The average molecular weight is 510 g/mol. The topological polar surface area (TPSA) is 101 Å². The molecule has 0 amide bonds. The van der Waals surface area contributed by atoms with Gasteiger partial charge in [-0.05, 0) is 46.2 Å². The van der Waals surface area contributed by atoms with Crippen molar-refractivity contribution in [3.05, 3.63) is 86.2 Å². The number of nitrogens with zero attached hydrogens (tertiary/aromatic N) is 2. The number of sulfonamides is 1. The molecule has 0 bridgehead atoms. The monoisotopic (exact) mass is 509 g/mol. The Kier molecular flexibility index (Phi) is 6.57. The van der Waals surface area contributed by atoms with Crippen LogP contribution >= 0.6 is 0 Å². The lowest BCUT2D eigenvalue weighted by Gasteiger charge is -2.26. The fourth-order valence-electron chi connectivity index (χ4n) is 4.50. The molecule has 4 rings (SSSR count). The van der Waals surface area contributed by atoms with E-state index in [9.17, 15) is 18.0 Å². The van der Waals surface area contributed by atoms with Gasteiger partial charge in [-0.2, -0.15) is 0 Å². The summed E-state index contributed by atoms with van der Waals surface area (Å²) in [6, 6.07) is 11.0. The van der Waals surface area contributed by atoms with Crippen LogP contribution in [0.5, 0.6) is 5.75 Å². The molecule has 8 nitrogen and oxygen atoms in total. The van der Waals surface area contributed by atoms with Crippen LogP contribution < -0.4 is 16.0 Å². The largest absolute Gasteiger partial charge is 0.496 e. The molecule has 0 saturated heterocycles. The summed E-state index contributed by atoms with van der Waals surface area (Å²) >= 11 is 0. The molecule has 0 saturated carbocycles. The molecule has 3 aromatic rings. The number of methoxy groups -OCH3 is 1. The number of H-pyrrole nitrogens is 1. The molecule has 9 heteroatoms. The maximum atomic E-state index is 12.6. The van der Waals surface area contributed by atoms with Crippen molar-refractivity contribution in [2.24, 2.45) is 0 Å². The van der Waals surface area contributed by atoms with E-state index in [-0.39, 0.29) is 5.41 Å².